The third kappa shape index (κ3) is 2.55. The van der Waals surface area contributed by atoms with Crippen molar-refractivity contribution in [1.29, 1.82) is 0 Å². The molecule has 0 aliphatic rings. The first-order valence-electron chi connectivity index (χ1n) is 7.09. The van der Waals surface area contributed by atoms with Gasteiger partial charge in [0.25, 0.3) is 0 Å². The molecule has 0 bridgehead atoms. The minimum absolute atomic E-state index is 0.193. The van der Waals surface area contributed by atoms with E-state index in [0.29, 0.717) is 11.3 Å². The Balaban J connectivity index is 1.95. The molecule has 4 heteroatoms. The zero-order valence-electron chi connectivity index (χ0n) is 12.5. The van der Waals surface area contributed by atoms with E-state index in [1.165, 1.54) is 0 Å². The number of para-hydroxylation sites is 1. The van der Waals surface area contributed by atoms with E-state index in [4.69, 9.17) is 9.47 Å². The number of carbonyl (C=O) groups is 1. The average Bonchev–Trinajstić information content (AvgIpc) is 2.98. The highest BCUT2D eigenvalue weighted by atomic mass is 16.5. The predicted octanol–water partition coefficient (Wildman–Crippen LogP) is 4.13. The van der Waals surface area contributed by atoms with E-state index in [0.717, 1.165) is 28.5 Å². The smallest absolute Gasteiger partial charge is 0.153 e. The van der Waals surface area contributed by atoms with Crippen molar-refractivity contribution in [2.75, 3.05) is 7.11 Å². The lowest BCUT2D eigenvalue weighted by Gasteiger charge is -2.15. The van der Waals surface area contributed by atoms with Gasteiger partial charge in [0.05, 0.1) is 12.7 Å². The Kier molecular flexibility index (Phi) is 3.83. The molecule has 22 heavy (non-hydrogen) atoms. The predicted molar refractivity (Wildman–Crippen MR) is 85.7 cm³/mol. The summed E-state index contributed by atoms with van der Waals surface area (Å²) in [6.07, 6.45) is 2.54. The van der Waals surface area contributed by atoms with E-state index in [-0.39, 0.29) is 6.10 Å². The number of hydrogen-bond donors (Lipinski definition) is 1. The molecule has 0 radical (unpaired) electrons. The van der Waals surface area contributed by atoms with Crippen LogP contribution in [0, 0.1) is 0 Å². The van der Waals surface area contributed by atoms with Crippen LogP contribution in [-0.4, -0.2) is 18.4 Å². The van der Waals surface area contributed by atoms with E-state index < -0.39 is 0 Å². The summed E-state index contributed by atoms with van der Waals surface area (Å²) in [7, 11) is 1.65. The number of aldehydes is 1. The fourth-order valence-electron chi connectivity index (χ4n) is 2.52. The highest BCUT2D eigenvalue weighted by Crippen LogP contribution is 2.31. The third-order valence-electron chi connectivity index (χ3n) is 3.71. The van der Waals surface area contributed by atoms with Gasteiger partial charge in [-0.2, -0.15) is 0 Å². The van der Waals surface area contributed by atoms with Gasteiger partial charge in [-0.1, -0.05) is 12.1 Å². The molecule has 0 amide bonds. The number of H-pyrrole nitrogens is 1. The van der Waals surface area contributed by atoms with Crippen molar-refractivity contribution in [3.8, 4) is 11.5 Å². The number of fused-ring (bicyclic) bond motifs is 1. The van der Waals surface area contributed by atoms with Crippen LogP contribution in [0.25, 0.3) is 10.9 Å². The van der Waals surface area contributed by atoms with Crippen LogP contribution in [0.2, 0.25) is 0 Å². The molecule has 0 aliphatic carbocycles. The van der Waals surface area contributed by atoms with E-state index in [9.17, 15) is 4.79 Å². The standard InChI is InChI=1S/C18H17NO3/c1-12(22-18-6-4-3-5-13(18)11-20)16-10-19-17-8-7-14(21-2)9-15(16)17/h3-12,19H,1-2H3. The van der Waals surface area contributed by atoms with Gasteiger partial charge < -0.3 is 14.5 Å². The highest BCUT2D eigenvalue weighted by molar-refractivity contribution is 5.85. The Hall–Kier alpha value is -2.75. The van der Waals surface area contributed by atoms with E-state index in [2.05, 4.69) is 4.98 Å². The van der Waals surface area contributed by atoms with Gasteiger partial charge in [-0.3, -0.25) is 4.79 Å². The maximum Gasteiger partial charge on any atom is 0.153 e. The van der Waals surface area contributed by atoms with Gasteiger partial charge in [0.1, 0.15) is 17.6 Å². The summed E-state index contributed by atoms with van der Waals surface area (Å²) in [5.74, 6) is 1.39. The molecular formula is C18H17NO3. The number of benzene rings is 2. The molecular weight excluding hydrogens is 278 g/mol. The summed E-state index contributed by atoms with van der Waals surface area (Å²) in [6, 6.07) is 13.1. The Morgan fingerprint density at radius 1 is 1.18 bits per heavy atom. The average molecular weight is 295 g/mol. The van der Waals surface area contributed by atoms with Crippen LogP contribution in [-0.2, 0) is 0 Å². The molecule has 0 saturated carbocycles. The summed E-state index contributed by atoms with van der Waals surface area (Å²) in [4.78, 5) is 14.3. The van der Waals surface area contributed by atoms with Crippen LogP contribution >= 0.6 is 0 Å². The largest absolute Gasteiger partial charge is 0.497 e. The van der Waals surface area contributed by atoms with Gasteiger partial charge in [0, 0.05) is 22.7 Å². The molecule has 0 saturated heterocycles. The molecule has 1 aromatic heterocycles. The van der Waals surface area contributed by atoms with Crippen molar-refractivity contribution in [1.82, 2.24) is 4.98 Å². The van der Waals surface area contributed by atoms with Crippen LogP contribution in [0.15, 0.2) is 48.7 Å². The van der Waals surface area contributed by atoms with Gasteiger partial charge in [-0.05, 0) is 37.3 Å². The van der Waals surface area contributed by atoms with Crippen molar-refractivity contribution < 1.29 is 14.3 Å². The lowest BCUT2D eigenvalue weighted by atomic mass is 10.1. The number of aromatic amines is 1. The molecule has 4 nitrogen and oxygen atoms in total. The lowest BCUT2D eigenvalue weighted by Crippen LogP contribution is -2.04. The molecule has 112 valence electrons. The van der Waals surface area contributed by atoms with Crippen LogP contribution in [0.1, 0.15) is 28.9 Å². The zero-order chi connectivity index (χ0) is 15.5. The monoisotopic (exact) mass is 295 g/mol. The number of hydrogen-bond acceptors (Lipinski definition) is 3. The first-order chi connectivity index (χ1) is 10.7. The maximum atomic E-state index is 11.1. The Labute approximate surface area is 128 Å². The summed E-state index contributed by atoms with van der Waals surface area (Å²) >= 11 is 0. The van der Waals surface area contributed by atoms with Crippen molar-refractivity contribution in [3.05, 3.63) is 59.8 Å². The molecule has 0 spiro atoms. The Morgan fingerprint density at radius 2 is 2.00 bits per heavy atom. The van der Waals surface area contributed by atoms with Gasteiger partial charge >= 0.3 is 0 Å². The van der Waals surface area contributed by atoms with Crippen LogP contribution in [0.5, 0.6) is 11.5 Å². The lowest BCUT2D eigenvalue weighted by molar-refractivity contribution is 0.111. The van der Waals surface area contributed by atoms with Gasteiger partial charge in [0.2, 0.25) is 0 Å². The molecule has 3 aromatic rings. The quantitative estimate of drug-likeness (QED) is 0.720. The maximum absolute atomic E-state index is 11.1. The SMILES string of the molecule is COc1ccc2[nH]cc(C(C)Oc3ccccc3C=O)c2c1. The van der Waals surface area contributed by atoms with Crippen LogP contribution in [0.3, 0.4) is 0 Å². The Bertz CT molecular complexity index is 807. The zero-order valence-corrected chi connectivity index (χ0v) is 12.5. The summed E-state index contributed by atoms with van der Waals surface area (Å²) in [6.45, 7) is 1.96. The second-order valence-electron chi connectivity index (χ2n) is 5.07. The summed E-state index contributed by atoms with van der Waals surface area (Å²) in [5, 5.41) is 1.05. The minimum Gasteiger partial charge on any atom is -0.497 e. The molecule has 1 N–H and O–H groups in total. The van der Waals surface area contributed by atoms with Crippen LogP contribution in [0.4, 0.5) is 0 Å². The number of methoxy groups -OCH3 is 1. The van der Waals surface area contributed by atoms with Gasteiger partial charge in [0.15, 0.2) is 6.29 Å². The second kappa shape index (κ2) is 5.93. The van der Waals surface area contributed by atoms with Crippen molar-refractivity contribution >= 4 is 17.2 Å². The number of nitrogens with one attached hydrogen (secondary N) is 1. The minimum atomic E-state index is -0.193. The van der Waals surface area contributed by atoms with E-state index in [1.807, 2.05) is 43.5 Å². The van der Waals surface area contributed by atoms with Gasteiger partial charge in [-0.15, -0.1) is 0 Å². The summed E-state index contributed by atoms with van der Waals surface area (Å²) in [5.41, 5.74) is 2.59. The molecule has 2 aromatic carbocycles. The fourth-order valence-corrected chi connectivity index (χ4v) is 2.52. The van der Waals surface area contributed by atoms with E-state index >= 15 is 0 Å². The molecule has 3 rings (SSSR count). The molecule has 0 aliphatic heterocycles. The number of rotatable bonds is 5. The number of aromatic nitrogens is 1. The van der Waals surface area contributed by atoms with E-state index in [1.54, 1.807) is 19.2 Å². The van der Waals surface area contributed by atoms with Crippen molar-refractivity contribution in [2.24, 2.45) is 0 Å². The van der Waals surface area contributed by atoms with Crippen molar-refractivity contribution in [3.63, 3.8) is 0 Å². The topological polar surface area (TPSA) is 51.3 Å². The molecule has 1 heterocycles. The molecule has 1 unspecified atom stereocenters. The van der Waals surface area contributed by atoms with Gasteiger partial charge in [-0.25, -0.2) is 0 Å². The van der Waals surface area contributed by atoms with Crippen LogP contribution < -0.4 is 9.47 Å². The first-order valence-corrected chi connectivity index (χ1v) is 7.09. The van der Waals surface area contributed by atoms with Crippen molar-refractivity contribution in [2.45, 2.75) is 13.0 Å². The summed E-state index contributed by atoms with van der Waals surface area (Å²) < 4.78 is 11.3. The first kappa shape index (κ1) is 14.2. The normalized spacial score (nSPS) is 12.1. The number of carbonyl (C=O) groups excluding carboxylic acids is 1. The highest BCUT2D eigenvalue weighted by Gasteiger charge is 2.15. The second-order valence-corrected chi connectivity index (χ2v) is 5.07. The Morgan fingerprint density at radius 3 is 2.77 bits per heavy atom. The molecule has 0 fully saturated rings. The molecule has 1 atom stereocenters. The third-order valence-corrected chi connectivity index (χ3v) is 3.71. The number of ether oxygens (including phenoxy) is 2. The fraction of sp³-hybridized carbons (Fsp3) is 0.167.